The predicted molar refractivity (Wildman–Crippen MR) is 84.8 cm³/mol. The molecule has 0 fully saturated rings. The summed E-state index contributed by atoms with van der Waals surface area (Å²) >= 11 is 0. The first kappa shape index (κ1) is 18.0. The summed E-state index contributed by atoms with van der Waals surface area (Å²) in [5.41, 5.74) is 0.687. The highest BCUT2D eigenvalue weighted by atomic mass is 32.2. The van der Waals surface area contributed by atoms with Crippen LogP contribution in [0.15, 0.2) is 47.4 Å². The Hall–Kier alpha value is -2.32. The fourth-order valence-corrected chi connectivity index (χ4v) is 2.91. The van der Waals surface area contributed by atoms with Crippen LogP contribution in [0.3, 0.4) is 0 Å². The number of carbonyl (C=O) groups excluding carboxylic acids is 1. The summed E-state index contributed by atoms with van der Waals surface area (Å²) in [5.74, 6) is -1.88. The van der Waals surface area contributed by atoms with Crippen molar-refractivity contribution in [2.24, 2.45) is 0 Å². The number of nitrogens with one attached hydrogen (secondary N) is 1. The second-order valence-corrected chi connectivity index (χ2v) is 7.36. The van der Waals surface area contributed by atoms with Crippen LogP contribution < -0.4 is 5.32 Å². The maximum Gasteiger partial charge on any atom is 0.251 e. The summed E-state index contributed by atoms with van der Waals surface area (Å²) in [6.45, 7) is 0.131. The average Bonchev–Trinajstić information content (AvgIpc) is 2.54. The predicted octanol–water partition coefficient (Wildman–Crippen LogP) is 2.15. The molecule has 0 radical (unpaired) electrons. The van der Waals surface area contributed by atoms with E-state index in [2.05, 4.69) is 5.32 Å². The molecule has 0 atom stereocenters. The molecule has 0 heterocycles. The molecular weight excluding hydrogens is 338 g/mol. The number of nitrogens with zero attached hydrogens (tertiary/aromatic N) is 1. The second-order valence-electron chi connectivity index (χ2n) is 5.24. The maximum absolute atomic E-state index is 13.8. The molecule has 1 amide bonds. The van der Waals surface area contributed by atoms with Gasteiger partial charge in [0, 0.05) is 26.2 Å². The number of rotatable bonds is 5. The number of amides is 1. The van der Waals surface area contributed by atoms with Crippen molar-refractivity contribution in [3.8, 4) is 0 Å². The fraction of sp³-hybridized carbons (Fsp3) is 0.188. The Labute approximate surface area is 139 Å². The lowest BCUT2D eigenvalue weighted by molar-refractivity contribution is 0.0950. The number of hydrogen-bond donors (Lipinski definition) is 1. The van der Waals surface area contributed by atoms with E-state index >= 15 is 0 Å². The summed E-state index contributed by atoms with van der Waals surface area (Å²) in [7, 11) is -1.45. The number of benzene rings is 2. The fourth-order valence-electron chi connectivity index (χ4n) is 1.93. The second kappa shape index (κ2) is 7.06. The zero-order valence-electron chi connectivity index (χ0n) is 13.1. The number of hydrogen-bond acceptors (Lipinski definition) is 3. The minimum Gasteiger partial charge on any atom is -0.348 e. The Morgan fingerprint density at radius 3 is 2.29 bits per heavy atom. The molecule has 0 spiro atoms. The van der Waals surface area contributed by atoms with Gasteiger partial charge in [-0.2, -0.15) is 0 Å². The molecule has 128 valence electrons. The van der Waals surface area contributed by atoms with Crippen molar-refractivity contribution in [1.29, 1.82) is 0 Å². The molecule has 24 heavy (non-hydrogen) atoms. The Balaban J connectivity index is 2.20. The molecule has 1 N–H and O–H groups in total. The highest BCUT2D eigenvalue weighted by Gasteiger charge is 2.23. The molecule has 2 aromatic rings. The average molecular weight is 354 g/mol. The van der Waals surface area contributed by atoms with Gasteiger partial charge in [-0.05, 0) is 35.9 Å². The highest BCUT2D eigenvalue weighted by molar-refractivity contribution is 7.89. The number of sulfonamides is 1. The molecule has 0 aliphatic heterocycles. The van der Waals surface area contributed by atoms with Crippen LogP contribution in [0, 0.1) is 11.6 Å². The summed E-state index contributed by atoms with van der Waals surface area (Å²) in [6, 6.07) is 8.69. The first-order valence-electron chi connectivity index (χ1n) is 6.96. The zero-order chi connectivity index (χ0) is 17.9. The Morgan fingerprint density at radius 2 is 1.71 bits per heavy atom. The van der Waals surface area contributed by atoms with Crippen molar-refractivity contribution < 1.29 is 22.0 Å². The van der Waals surface area contributed by atoms with Gasteiger partial charge < -0.3 is 5.32 Å². The van der Waals surface area contributed by atoms with E-state index in [1.807, 2.05) is 0 Å². The summed E-state index contributed by atoms with van der Waals surface area (Å²) in [4.78, 5) is 11.6. The molecule has 0 unspecified atom stereocenters. The quantitative estimate of drug-likeness (QED) is 0.895. The van der Waals surface area contributed by atoms with E-state index in [0.717, 1.165) is 16.4 Å². The van der Waals surface area contributed by atoms with Gasteiger partial charge in [0.2, 0.25) is 10.0 Å². The van der Waals surface area contributed by atoms with Gasteiger partial charge in [-0.1, -0.05) is 12.1 Å². The van der Waals surface area contributed by atoms with E-state index in [0.29, 0.717) is 5.56 Å². The van der Waals surface area contributed by atoms with Gasteiger partial charge in [0.15, 0.2) is 0 Å². The SMILES string of the molecule is CN(C)S(=O)(=O)c1cc(C(=O)NCc2ccc(F)cc2)ccc1F. The largest absolute Gasteiger partial charge is 0.348 e. The molecule has 2 rings (SSSR count). The third-order valence-electron chi connectivity index (χ3n) is 3.32. The minimum atomic E-state index is -4.00. The molecule has 5 nitrogen and oxygen atoms in total. The van der Waals surface area contributed by atoms with E-state index in [1.54, 1.807) is 0 Å². The zero-order valence-corrected chi connectivity index (χ0v) is 13.9. The monoisotopic (exact) mass is 354 g/mol. The Kier molecular flexibility index (Phi) is 5.30. The van der Waals surface area contributed by atoms with Crippen molar-refractivity contribution in [2.75, 3.05) is 14.1 Å². The van der Waals surface area contributed by atoms with Crippen LogP contribution in [0.2, 0.25) is 0 Å². The highest BCUT2D eigenvalue weighted by Crippen LogP contribution is 2.19. The lowest BCUT2D eigenvalue weighted by Gasteiger charge is -2.13. The van der Waals surface area contributed by atoms with Crippen LogP contribution in [-0.4, -0.2) is 32.7 Å². The van der Waals surface area contributed by atoms with Crippen LogP contribution in [0.5, 0.6) is 0 Å². The van der Waals surface area contributed by atoms with Gasteiger partial charge in [0.25, 0.3) is 5.91 Å². The van der Waals surface area contributed by atoms with E-state index in [1.165, 1.54) is 44.4 Å². The molecule has 0 aliphatic carbocycles. The maximum atomic E-state index is 13.8. The smallest absolute Gasteiger partial charge is 0.251 e. The molecule has 0 saturated carbocycles. The first-order valence-corrected chi connectivity index (χ1v) is 8.40. The van der Waals surface area contributed by atoms with Crippen molar-refractivity contribution in [2.45, 2.75) is 11.4 Å². The third-order valence-corrected chi connectivity index (χ3v) is 5.15. The van der Waals surface area contributed by atoms with Gasteiger partial charge in [-0.25, -0.2) is 21.5 Å². The van der Waals surface area contributed by atoms with E-state index in [4.69, 9.17) is 0 Å². The Bertz CT molecular complexity index is 850. The lowest BCUT2D eigenvalue weighted by atomic mass is 10.2. The molecule has 0 bridgehead atoms. The normalized spacial score (nSPS) is 11.5. The molecule has 0 saturated heterocycles. The third kappa shape index (κ3) is 3.95. The topological polar surface area (TPSA) is 66.5 Å². The van der Waals surface area contributed by atoms with Gasteiger partial charge in [-0.15, -0.1) is 0 Å². The molecule has 0 aromatic heterocycles. The van der Waals surface area contributed by atoms with Gasteiger partial charge in [0.1, 0.15) is 16.5 Å². The summed E-state index contributed by atoms with van der Waals surface area (Å²) in [5, 5.41) is 2.57. The molecule has 8 heteroatoms. The van der Waals surface area contributed by atoms with Crippen molar-refractivity contribution >= 4 is 15.9 Å². The van der Waals surface area contributed by atoms with E-state index in [-0.39, 0.29) is 17.9 Å². The van der Waals surface area contributed by atoms with Gasteiger partial charge in [0.05, 0.1) is 0 Å². The lowest BCUT2D eigenvalue weighted by Crippen LogP contribution is -2.25. The first-order chi connectivity index (χ1) is 11.2. The van der Waals surface area contributed by atoms with Crippen molar-refractivity contribution in [3.05, 3.63) is 65.2 Å². The van der Waals surface area contributed by atoms with Crippen LogP contribution in [0.1, 0.15) is 15.9 Å². The van der Waals surface area contributed by atoms with Crippen LogP contribution >= 0.6 is 0 Å². The van der Waals surface area contributed by atoms with Crippen molar-refractivity contribution in [1.82, 2.24) is 9.62 Å². The van der Waals surface area contributed by atoms with Crippen LogP contribution in [-0.2, 0) is 16.6 Å². The summed E-state index contributed by atoms with van der Waals surface area (Å²) < 4.78 is 51.6. The Morgan fingerprint density at radius 1 is 1.08 bits per heavy atom. The van der Waals surface area contributed by atoms with Gasteiger partial charge in [-0.3, -0.25) is 4.79 Å². The van der Waals surface area contributed by atoms with Crippen LogP contribution in [0.4, 0.5) is 8.78 Å². The number of carbonyl (C=O) groups is 1. The van der Waals surface area contributed by atoms with E-state index in [9.17, 15) is 22.0 Å². The number of halogens is 2. The van der Waals surface area contributed by atoms with Gasteiger partial charge >= 0.3 is 0 Å². The molecular formula is C16H16F2N2O3S. The van der Waals surface area contributed by atoms with Crippen molar-refractivity contribution in [3.63, 3.8) is 0 Å². The van der Waals surface area contributed by atoms with Crippen LogP contribution in [0.25, 0.3) is 0 Å². The minimum absolute atomic E-state index is 0.0129. The standard InChI is InChI=1S/C16H16F2N2O3S/c1-20(2)24(22,23)15-9-12(5-8-14(15)18)16(21)19-10-11-3-6-13(17)7-4-11/h3-9H,10H2,1-2H3,(H,19,21). The summed E-state index contributed by atoms with van der Waals surface area (Å²) in [6.07, 6.45) is 0. The van der Waals surface area contributed by atoms with E-state index < -0.39 is 26.6 Å². The molecule has 2 aromatic carbocycles. The molecule has 0 aliphatic rings.